The first-order valence-corrected chi connectivity index (χ1v) is 19.7. The third kappa shape index (κ3) is 11.5. The van der Waals surface area contributed by atoms with E-state index in [1.54, 1.807) is 22.3 Å². The Hall–Kier alpha value is -2.12. The van der Waals surface area contributed by atoms with Crippen LogP contribution in [-0.2, 0) is 12.8 Å². The van der Waals surface area contributed by atoms with E-state index < -0.39 is 0 Å². The molecule has 1 saturated carbocycles. The van der Waals surface area contributed by atoms with Gasteiger partial charge in [0.05, 0.1) is 6.10 Å². The number of benzene rings is 1. The summed E-state index contributed by atoms with van der Waals surface area (Å²) in [6.45, 7) is 17.3. The highest BCUT2D eigenvalue weighted by Gasteiger charge is 2.32. The smallest absolute Gasteiger partial charge is 0.0571 e. The fraction of sp³-hybridized carbons (Fsp3) is 0.644. The molecule has 1 aromatic rings. The Labute approximate surface area is 285 Å². The Kier molecular flexibility index (Phi) is 17.5. The Morgan fingerprint density at radius 3 is 2.48 bits per heavy atom. The second kappa shape index (κ2) is 21.0. The summed E-state index contributed by atoms with van der Waals surface area (Å²) in [6.07, 6.45) is 34.6. The molecule has 5 atom stereocenters. The molecule has 0 aromatic heterocycles. The summed E-state index contributed by atoms with van der Waals surface area (Å²) >= 11 is 0. The Bertz CT molecular complexity index is 1150. The van der Waals surface area contributed by atoms with Gasteiger partial charge in [0.2, 0.25) is 0 Å². The fourth-order valence-electron chi connectivity index (χ4n) is 8.26. The molecule has 3 aliphatic carbocycles. The maximum Gasteiger partial charge on any atom is 0.0571 e. The first kappa shape index (κ1) is 38.3. The van der Waals surface area contributed by atoms with Crippen LogP contribution in [0.3, 0.4) is 0 Å². The largest absolute Gasteiger partial charge is 0.393 e. The lowest BCUT2D eigenvalue weighted by molar-refractivity contribution is 0.0706. The summed E-state index contributed by atoms with van der Waals surface area (Å²) in [5, 5.41) is 11.1. The third-order valence-electron chi connectivity index (χ3n) is 11.2. The van der Waals surface area contributed by atoms with Crippen LogP contribution < -0.4 is 0 Å². The normalized spacial score (nSPS) is 23.5. The SMILES string of the molecule is C=C1CCC(CC(O)C(CC)CC/C=C\C(=C/CC)C2CCc3cc(CC)ccc3C2CC2=CCC(CCCC)C=C2)CC1.CC. The lowest BCUT2D eigenvalue weighted by atomic mass is 9.68. The summed E-state index contributed by atoms with van der Waals surface area (Å²) in [7, 11) is 0. The van der Waals surface area contributed by atoms with Gasteiger partial charge in [0.1, 0.15) is 0 Å². The average molecular weight is 627 g/mol. The van der Waals surface area contributed by atoms with Crippen molar-refractivity contribution in [1.29, 1.82) is 0 Å². The van der Waals surface area contributed by atoms with Gasteiger partial charge >= 0.3 is 0 Å². The molecule has 46 heavy (non-hydrogen) atoms. The number of unbranched alkanes of at least 4 members (excludes halogenated alkanes) is 1. The van der Waals surface area contributed by atoms with Crippen molar-refractivity contribution in [1.82, 2.24) is 0 Å². The van der Waals surface area contributed by atoms with Crippen molar-refractivity contribution >= 4 is 0 Å². The minimum atomic E-state index is -0.166. The van der Waals surface area contributed by atoms with E-state index in [9.17, 15) is 5.11 Å². The quantitative estimate of drug-likeness (QED) is 0.143. The molecule has 0 bridgehead atoms. The van der Waals surface area contributed by atoms with Crippen molar-refractivity contribution in [2.45, 2.75) is 163 Å². The zero-order chi connectivity index (χ0) is 33.3. The van der Waals surface area contributed by atoms with E-state index >= 15 is 0 Å². The van der Waals surface area contributed by atoms with Crippen LogP contribution in [0.25, 0.3) is 0 Å². The van der Waals surface area contributed by atoms with Gasteiger partial charge in [-0.2, -0.15) is 0 Å². The Balaban J connectivity index is 0.00000282. The van der Waals surface area contributed by atoms with Gasteiger partial charge in [0.25, 0.3) is 0 Å². The van der Waals surface area contributed by atoms with Crippen LogP contribution in [0.4, 0.5) is 0 Å². The minimum Gasteiger partial charge on any atom is -0.393 e. The van der Waals surface area contributed by atoms with E-state index in [0.29, 0.717) is 23.7 Å². The number of aliphatic hydroxyl groups excluding tert-OH is 1. The first-order chi connectivity index (χ1) is 22.4. The van der Waals surface area contributed by atoms with E-state index in [2.05, 4.69) is 88.9 Å². The van der Waals surface area contributed by atoms with Gasteiger partial charge in [-0.25, -0.2) is 0 Å². The summed E-state index contributed by atoms with van der Waals surface area (Å²) in [6, 6.07) is 7.37. The molecular formula is C45H70O. The number of allylic oxidation sites excluding steroid dienone is 9. The second-order valence-corrected chi connectivity index (χ2v) is 14.4. The summed E-state index contributed by atoms with van der Waals surface area (Å²) in [4.78, 5) is 0. The highest BCUT2D eigenvalue weighted by atomic mass is 16.3. The molecule has 0 aliphatic heterocycles. The average Bonchev–Trinajstić information content (AvgIpc) is 3.09. The van der Waals surface area contributed by atoms with Crippen LogP contribution in [0.5, 0.6) is 0 Å². The highest BCUT2D eigenvalue weighted by Crippen LogP contribution is 2.45. The van der Waals surface area contributed by atoms with Gasteiger partial charge in [0.15, 0.2) is 0 Å². The van der Waals surface area contributed by atoms with Crippen LogP contribution in [0.2, 0.25) is 0 Å². The van der Waals surface area contributed by atoms with E-state index in [4.69, 9.17) is 0 Å². The van der Waals surface area contributed by atoms with Crippen LogP contribution in [0.15, 0.2) is 78.0 Å². The van der Waals surface area contributed by atoms with E-state index in [0.717, 1.165) is 63.7 Å². The number of rotatable bonds is 16. The summed E-state index contributed by atoms with van der Waals surface area (Å²) in [5.41, 5.74) is 9.15. The van der Waals surface area contributed by atoms with Crippen molar-refractivity contribution in [3.8, 4) is 0 Å². The van der Waals surface area contributed by atoms with Crippen molar-refractivity contribution in [3.05, 3.63) is 94.6 Å². The maximum atomic E-state index is 11.1. The van der Waals surface area contributed by atoms with Gasteiger partial charge in [-0.3, -0.25) is 0 Å². The minimum absolute atomic E-state index is 0.166. The molecule has 1 fully saturated rings. The monoisotopic (exact) mass is 627 g/mol. The number of fused-ring (bicyclic) bond motifs is 1. The molecule has 0 saturated heterocycles. The number of hydrogen-bond acceptors (Lipinski definition) is 1. The molecule has 256 valence electrons. The first-order valence-electron chi connectivity index (χ1n) is 19.7. The van der Waals surface area contributed by atoms with E-state index in [1.807, 2.05) is 13.8 Å². The molecule has 1 N–H and O–H groups in total. The lowest BCUT2D eigenvalue weighted by Crippen LogP contribution is -2.24. The van der Waals surface area contributed by atoms with Crippen molar-refractivity contribution in [2.24, 2.45) is 23.7 Å². The molecule has 1 heteroatoms. The molecule has 0 spiro atoms. The standard InChI is InChI=1S/C43H64O.C2H6/c1-6-10-14-34-21-23-35(24-22-34)30-42-40(28-26-39-29-33(8-3)25-27-41(39)42)38(13-7-2)16-12-11-15-37(9-4)43(44)31-36-19-17-32(5)18-20-36;1-2/h12-13,16,21,23-25,27,29,34,36-37,40,42-44H,5-11,14-15,17-20,22,26,28,30-31H2,1-4H3;1-2H3/b16-12-,38-13+;. The van der Waals surface area contributed by atoms with E-state index in [1.165, 1.54) is 62.5 Å². The van der Waals surface area contributed by atoms with Crippen molar-refractivity contribution < 1.29 is 5.11 Å². The van der Waals surface area contributed by atoms with Gasteiger partial charge in [-0.05, 0) is 142 Å². The van der Waals surface area contributed by atoms with Crippen LogP contribution in [-0.4, -0.2) is 11.2 Å². The zero-order valence-electron chi connectivity index (χ0n) is 30.8. The lowest BCUT2D eigenvalue weighted by Gasteiger charge is -2.36. The Morgan fingerprint density at radius 1 is 1.04 bits per heavy atom. The number of aryl methyl sites for hydroxylation is 2. The molecule has 5 unspecified atom stereocenters. The topological polar surface area (TPSA) is 20.2 Å². The van der Waals surface area contributed by atoms with Crippen LogP contribution in [0.1, 0.15) is 160 Å². The number of aliphatic hydroxyl groups is 1. The van der Waals surface area contributed by atoms with Gasteiger partial charge in [-0.15, -0.1) is 0 Å². The molecule has 1 nitrogen and oxygen atoms in total. The summed E-state index contributed by atoms with van der Waals surface area (Å²) in [5.74, 6) is 2.90. The molecule has 0 amide bonds. The molecule has 4 rings (SSSR count). The van der Waals surface area contributed by atoms with Crippen LogP contribution >= 0.6 is 0 Å². The molecule has 3 aliphatic rings. The maximum absolute atomic E-state index is 11.1. The fourth-order valence-corrected chi connectivity index (χ4v) is 8.26. The zero-order valence-corrected chi connectivity index (χ0v) is 30.8. The molecular weight excluding hydrogens is 556 g/mol. The molecule has 0 heterocycles. The Morgan fingerprint density at radius 2 is 1.83 bits per heavy atom. The van der Waals surface area contributed by atoms with Gasteiger partial charge in [0, 0.05) is 0 Å². The highest BCUT2D eigenvalue weighted by molar-refractivity contribution is 5.42. The predicted molar refractivity (Wildman–Crippen MR) is 203 cm³/mol. The summed E-state index contributed by atoms with van der Waals surface area (Å²) < 4.78 is 0. The van der Waals surface area contributed by atoms with Gasteiger partial charge in [-0.1, -0.05) is 133 Å². The number of hydrogen-bond donors (Lipinski definition) is 1. The van der Waals surface area contributed by atoms with Crippen molar-refractivity contribution in [2.75, 3.05) is 0 Å². The van der Waals surface area contributed by atoms with E-state index in [-0.39, 0.29) is 6.10 Å². The molecule has 0 radical (unpaired) electrons. The third-order valence-corrected chi connectivity index (χ3v) is 11.2. The second-order valence-electron chi connectivity index (χ2n) is 14.4. The predicted octanol–water partition coefficient (Wildman–Crippen LogP) is 13.2. The van der Waals surface area contributed by atoms with Crippen LogP contribution in [0, 0.1) is 23.7 Å². The van der Waals surface area contributed by atoms with Gasteiger partial charge < -0.3 is 5.11 Å². The van der Waals surface area contributed by atoms with Crippen molar-refractivity contribution in [3.63, 3.8) is 0 Å². The molecule has 1 aromatic carbocycles.